The van der Waals surface area contributed by atoms with E-state index >= 15 is 0 Å². The van der Waals surface area contributed by atoms with Gasteiger partial charge in [0.15, 0.2) is 6.10 Å². The average Bonchev–Trinajstić information content (AvgIpc) is 2.80. The first-order valence-electron chi connectivity index (χ1n) is 8.83. The van der Waals surface area contributed by atoms with Crippen LogP contribution >= 0.6 is 0 Å². The number of ether oxygens (including phenoxy) is 1. The van der Waals surface area contributed by atoms with Crippen LogP contribution in [0.2, 0.25) is 0 Å². The minimum absolute atomic E-state index is 0.192. The highest BCUT2D eigenvalue weighted by molar-refractivity contribution is 7.92. The van der Waals surface area contributed by atoms with Crippen LogP contribution in [-0.4, -0.2) is 33.2 Å². The summed E-state index contributed by atoms with van der Waals surface area (Å²) in [5, 5.41) is 2.90. The maximum Gasteiger partial charge on any atom is 0.261 e. The van der Waals surface area contributed by atoms with Crippen LogP contribution in [0.4, 0.5) is 5.69 Å². The number of carbonyl (C=O) groups is 1. The third kappa shape index (κ3) is 4.42. The largest absolute Gasteiger partial charge is 0.478 e. The highest BCUT2D eigenvalue weighted by atomic mass is 32.2. The number of carbonyl (C=O) groups excluding carboxylic acids is 1. The monoisotopic (exact) mass is 388 g/mol. The number of anilines is 1. The first kappa shape index (κ1) is 19.2. The Morgan fingerprint density at radius 2 is 1.96 bits per heavy atom. The van der Waals surface area contributed by atoms with Crippen LogP contribution in [0.1, 0.15) is 23.1 Å². The second-order valence-corrected chi connectivity index (χ2v) is 8.75. The molecule has 1 atom stereocenters. The number of aryl methyl sites for hydroxylation is 2. The van der Waals surface area contributed by atoms with Gasteiger partial charge in [-0.15, -0.1) is 0 Å². The van der Waals surface area contributed by atoms with Gasteiger partial charge in [-0.25, -0.2) is 8.42 Å². The van der Waals surface area contributed by atoms with E-state index in [1.54, 1.807) is 12.1 Å². The Kier molecular flexibility index (Phi) is 5.41. The highest BCUT2D eigenvalue weighted by Gasteiger charge is 2.31. The topological polar surface area (TPSA) is 75.7 Å². The summed E-state index contributed by atoms with van der Waals surface area (Å²) in [4.78, 5) is 12.7. The highest BCUT2D eigenvalue weighted by Crippen LogP contribution is 2.35. The number of rotatable bonds is 4. The van der Waals surface area contributed by atoms with Gasteiger partial charge in [-0.2, -0.15) is 0 Å². The molecule has 0 bridgehead atoms. The Morgan fingerprint density at radius 3 is 2.67 bits per heavy atom. The molecule has 7 heteroatoms. The SMILES string of the molecule is Cc1ccc2c(c1)N(S(C)(=O)=O)CC[C@@H](C(=O)NCc1ccccc1C)O2. The van der Waals surface area contributed by atoms with Gasteiger partial charge in [-0.1, -0.05) is 30.3 Å². The number of nitrogens with one attached hydrogen (secondary N) is 1. The molecule has 1 heterocycles. The number of nitrogens with zero attached hydrogens (tertiary/aromatic N) is 1. The van der Waals surface area contributed by atoms with E-state index in [4.69, 9.17) is 4.74 Å². The Balaban J connectivity index is 1.79. The predicted octanol–water partition coefficient (Wildman–Crippen LogP) is 2.54. The zero-order chi connectivity index (χ0) is 19.6. The fourth-order valence-electron chi connectivity index (χ4n) is 3.12. The van der Waals surface area contributed by atoms with Crippen molar-refractivity contribution in [2.24, 2.45) is 0 Å². The summed E-state index contributed by atoms with van der Waals surface area (Å²) in [7, 11) is -3.47. The van der Waals surface area contributed by atoms with Crippen LogP contribution in [-0.2, 0) is 21.4 Å². The summed E-state index contributed by atoms with van der Waals surface area (Å²) in [5.41, 5.74) is 3.54. The van der Waals surface area contributed by atoms with Gasteiger partial charge in [-0.05, 0) is 42.7 Å². The van der Waals surface area contributed by atoms with Gasteiger partial charge in [0.1, 0.15) is 5.75 Å². The fraction of sp³-hybridized carbons (Fsp3) is 0.350. The van der Waals surface area contributed by atoms with Crippen molar-refractivity contribution in [1.29, 1.82) is 0 Å². The number of amides is 1. The molecule has 1 aliphatic heterocycles. The van der Waals surface area contributed by atoms with Crippen molar-refractivity contribution in [1.82, 2.24) is 5.32 Å². The lowest BCUT2D eigenvalue weighted by Gasteiger charge is -2.21. The predicted molar refractivity (Wildman–Crippen MR) is 105 cm³/mol. The smallest absolute Gasteiger partial charge is 0.261 e. The Morgan fingerprint density at radius 1 is 1.22 bits per heavy atom. The lowest BCUT2D eigenvalue weighted by Crippen LogP contribution is -2.39. The summed E-state index contributed by atoms with van der Waals surface area (Å²) >= 11 is 0. The summed E-state index contributed by atoms with van der Waals surface area (Å²) in [6.07, 6.45) is 0.695. The second kappa shape index (κ2) is 7.60. The summed E-state index contributed by atoms with van der Waals surface area (Å²) in [6, 6.07) is 13.2. The summed E-state index contributed by atoms with van der Waals surface area (Å²) in [5.74, 6) is 0.152. The van der Waals surface area contributed by atoms with Gasteiger partial charge in [0, 0.05) is 19.5 Å². The van der Waals surface area contributed by atoms with E-state index in [0.29, 0.717) is 18.0 Å². The first-order chi connectivity index (χ1) is 12.8. The van der Waals surface area contributed by atoms with Crippen LogP contribution < -0.4 is 14.4 Å². The van der Waals surface area contributed by atoms with Crippen molar-refractivity contribution >= 4 is 21.6 Å². The molecule has 0 unspecified atom stereocenters. The van der Waals surface area contributed by atoms with E-state index in [1.165, 1.54) is 4.31 Å². The average molecular weight is 388 g/mol. The molecule has 0 fully saturated rings. The molecule has 2 aromatic carbocycles. The number of sulfonamides is 1. The van der Waals surface area contributed by atoms with E-state index in [9.17, 15) is 13.2 Å². The number of benzene rings is 2. The number of hydrogen-bond acceptors (Lipinski definition) is 4. The Bertz CT molecular complexity index is 956. The third-order valence-corrected chi connectivity index (χ3v) is 5.83. The molecule has 144 valence electrons. The summed E-state index contributed by atoms with van der Waals surface area (Å²) in [6.45, 7) is 4.48. The van der Waals surface area contributed by atoms with Crippen molar-refractivity contribution in [2.45, 2.75) is 32.9 Å². The zero-order valence-corrected chi connectivity index (χ0v) is 16.5. The van der Waals surface area contributed by atoms with Crippen LogP contribution in [0.15, 0.2) is 42.5 Å². The van der Waals surface area contributed by atoms with Gasteiger partial charge >= 0.3 is 0 Å². The summed E-state index contributed by atoms with van der Waals surface area (Å²) < 4.78 is 31.6. The molecule has 1 amide bonds. The molecule has 6 nitrogen and oxygen atoms in total. The molecule has 1 aliphatic rings. The Labute approximate surface area is 160 Å². The van der Waals surface area contributed by atoms with Crippen molar-refractivity contribution in [2.75, 3.05) is 17.1 Å². The van der Waals surface area contributed by atoms with E-state index in [0.717, 1.165) is 22.9 Å². The normalized spacial score (nSPS) is 16.9. The fourth-order valence-corrected chi connectivity index (χ4v) is 4.06. The van der Waals surface area contributed by atoms with Gasteiger partial charge < -0.3 is 10.1 Å². The van der Waals surface area contributed by atoms with Crippen molar-refractivity contribution in [3.8, 4) is 5.75 Å². The molecular formula is C20H24N2O4S. The van der Waals surface area contributed by atoms with Gasteiger partial charge in [0.2, 0.25) is 10.0 Å². The van der Waals surface area contributed by atoms with E-state index in [1.807, 2.05) is 44.2 Å². The van der Waals surface area contributed by atoms with E-state index < -0.39 is 16.1 Å². The zero-order valence-electron chi connectivity index (χ0n) is 15.7. The standard InChI is InChI=1S/C20H24N2O4S/c1-14-8-9-18-17(12-14)22(27(3,24)25)11-10-19(26-18)20(23)21-13-16-7-5-4-6-15(16)2/h4-9,12,19H,10-11,13H2,1-3H3,(H,21,23)/t19-/m0/s1. The molecule has 2 aromatic rings. The molecule has 27 heavy (non-hydrogen) atoms. The number of fused-ring (bicyclic) bond motifs is 1. The van der Waals surface area contributed by atoms with E-state index in [2.05, 4.69) is 5.32 Å². The first-order valence-corrected chi connectivity index (χ1v) is 10.7. The maximum atomic E-state index is 12.7. The maximum absolute atomic E-state index is 12.7. The minimum atomic E-state index is -3.47. The van der Waals surface area contributed by atoms with Gasteiger partial charge in [0.05, 0.1) is 11.9 Å². The molecule has 0 aliphatic carbocycles. The molecule has 0 spiro atoms. The van der Waals surface area contributed by atoms with Crippen LogP contribution in [0, 0.1) is 13.8 Å². The van der Waals surface area contributed by atoms with Crippen molar-refractivity contribution in [3.63, 3.8) is 0 Å². The van der Waals surface area contributed by atoms with Crippen LogP contribution in [0.25, 0.3) is 0 Å². The lowest BCUT2D eigenvalue weighted by atomic mass is 10.1. The molecule has 0 aromatic heterocycles. The Hall–Kier alpha value is -2.54. The van der Waals surface area contributed by atoms with E-state index in [-0.39, 0.29) is 18.9 Å². The van der Waals surface area contributed by atoms with Crippen LogP contribution in [0.5, 0.6) is 5.75 Å². The lowest BCUT2D eigenvalue weighted by molar-refractivity contribution is -0.128. The second-order valence-electron chi connectivity index (χ2n) is 6.85. The quantitative estimate of drug-likeness (QED) is 0.873. The number of hydrogen-bond donors (Lipinski definition) is 1. The molecule has 1 N–H and O–H groups in total. The molecular weight excluding hydrogens is 364 g/mol. The van der Waals surface area contributed by atoms with Gasteiger partial charge in [-0.3, -0.25) is 9.10 Å². The molecule has 0 saturated heterocycles. The molecule has 3 rings (SSSR count). The third-order valence-electron chi connectivity index (χ3n) is 4.65. The van der Waals surface area contributed by atoms with Crippen LogP contribution in [0.3, 0.4) is 0 Å². The van der Waals surface area contributed by atoms with Crippen molar-refractivity contribution in [3.05, 3.63) is 59.2 Å². The van der Waals surface area contributed by atoms with Gasteiger partial charge in [0.25, 0.3) is 5.91 Å². The minimum Gasteiger partial charge on any atom is -0.478 e. The molecule has 0 saturated carbocycles. The molecule has 0 radical (unpaired) electrons. The van der Waals surface area contributed by atoms with Crippen molar-refractivity contribution < 1.29 is 17.9 Å².